The standard InChI is InChI=1S/C18H19N5O2S/c1-10(2)23-17-14(18(25)22-23)16(26-9-13(24)20-17)12-8-19-21-15(12)11-6-4-3-5-7-11/h3-8,10,16H,9H2,1-2H3,(H,19,21)(H,20,24)(H,22,25). The van der Waals surface area contributed by atoms with E-state index < -0.39 is 0 Å². The van der Waals surface area contributed by atoms with Crippen LogP contribution in [0.25, 0.3) is 11.3 Å². The maximum atomic E-state index is 12.7. The maximum Gasteiger partial charge on any atom is 0.270 e. The van der Waals surface area contributed by atoms with Crippen molar-refractivity contribution >= 4 is 23.5 Å². The highest BCUT2D eigenvalue weighted by molar-refractivity contribution is 8.00. The lowest BCUT2D eigenvalue weighted by molar-refractivity contribution is -0.113. The molecular formula is C18H19N5O2S. The minimum Gasteiger partial charge on any atom is -0.310 e. The van der Waals surface area contributed by atoms with Crippen LogP contribution in [-0.4, -0.2) is 31.6 Å². The van der Waals surface area contributed by atoms with Crippen LogP contribution in [0.2, 0.25) is 0 Å². The quantitative estimate of drug-likeness (QED) is 0.661. The highest BCUT2D eigenvalue weighted by Gasteiger charge is 2.33. The Hall–Kier alpha value is -2.74. The van der Waals surface area contributed by atoms with Gasteiger partial charge in [0.1, 0.15) is 5.82 Å². The number of nitrogens with one attached hydrogen (secondary N) is 3. The van der Waals surface area contributed by atoms with Gasteiger partial charge in [-0.15, -0.1) is 11.8 Å². The van der Waals surface area contributed by atoms with Gasteiger partial charge < -0.3 is 5.32 Å². The summed E-state index contributed by atoms with van der Waals surface area (Å²) in [7, 11) is 0. The Morgan fingerprint density at radius 1 is 1.23 bits per heavy atom. The van der Waals surface area contributed by atoms with Gasteiger partial charge in [0, 0.05) is 11.6 Å². The smallest absolute Gasteiger partial charge is 0.270 e. The van der Waals surface area contributed by atoms with Gasteiger partial charge in [0.05, 0.1) is 28.5 Å². The summed E-state index contributed by atoms with van der Waals surface area (Å²) in [6.45, 7) is 3.92. The van der Waals surface area contributed by atoms with Crippen LogP contribution in [0.4, 0.5) is 5.82 Å². The topological polar surface area (TPSA) is 95.6 Å². The molecule has 8 heteroatoms. The fourth-order valence-electron chi connectivity index (χ4n) is 3.21. The number of benzene rings is 1. The van der Waals surface area contributed by atoms with Gasteiger partial charge >= 0.3 is 0 Å². The van der Waals surface area contributed by atoms with E-state index in [2.05, 4.69) is 20.6 Å². The van der Waals surface area contributed by atoms with E-state index in [0.717, 1.165) is 16.8 Å². The molecule has 134 valence electrons. The highest BCUT2D eigenvalue weighted by Crippen LogP contribution is 2.43. The predicted octanol–water partition coefficient (Wildman–Crippen LogP) is 2.92. The number of fused-ring (bicyclic) bond motifs is 1. The molecule has 0 bridgehead atoms. The third kappa shape index (κ3) is 2.76. The summed E-state index contributed by atoms with van der Waals surface area (Å²) in [6, 6.07) is 9.87. The third-order valence-electron chi connectivity index (χ3n) is 4.39. The summed E-state index contributed by atoms with van der Waals surface area (Å²) in [4.78, 5) is 24.9. The minimum atomic E-state index is -0.290. The summed E-state index contributed by atoms with van der Waals surface area (Å²) >= 11 is 1.44. The van der Waals surface area contributed by atoms with Gasteiger partial charge in [0.15, 0.2) is 0 Å². The Bertz CT molecular complexity index is 1000. The highest BCUT2D eigenvalue weighted by atomic mass is 32.2. The van der Waals surface area contributed by atoms with Gasteiger partial charge in [-0.25, -0.2) is 0 Å². The molecule has 26 heavy (non-hydrogen) atoms. The van der Waals surface area contributed by atoms with E-state index >= 15 is 0 Å². The maximum absolute atomic E-state index is 12.7. The zero-order chi connectivity index (χ0) is 18.3. The van der Waals surface area contributed by atoms with Crippen LogP contribution in [0.3, 0.4) is 0 Å². The molecule has 0 radical (unpaired) electrons. The predicted molar refractivity (Wildman–Crippen MR) is 102 cm³/mol. The zero-order valence-electron chi connectivity index (χ0n) is 14.4. The molecule has 0 spiro atoms. The summed E-state index contributed by atoms with van der Waals surface area (Å²) in [6.07, 6.45) is 1.74. The molecule has 3 aromatic rings. The normalized spacial score (nSPS) is 17.0. The number of aromatic amines is 2. The largest absolute Gasteiger partial charge is 0.310 e. The molecule has 1 amide bonds. The van der Waals surface area contributed by atoms with E-state index in [-0.39, 0.29) is 28.5 Å². The molecule has 3 heterocycles. The Labute approximate surface area is 154 Å². The fraction of sp³-hybridized carbons (Fsp3) is 0.278. The van der Waals surface area contributed by atoms with E-state index in [1.54, 1.807) is 10.9 Å². The Morgan fingerprint density at radius 3 is 2.73 bits per heavy atom. The second kappa shape index (κ2) is 6.53. The first kappa shape index (κ1) is 16.7. The lowest BCUT2D eigenvalue weighted by Gasteiger charge is -2.15. The minimum absolute atomic E-state index is 0.0217. The number of nitrogens with zero attached hydrogens (tertiary/aromatic N) is 2. The molecule has 1 aromatic carbocycles. The van der Waals surface area contributed by atoms with E-state index in [1.165, 1.54) is 11.8 Å². The summed E-state index contributed by atoms with van der Waals surface area (Å²) < 4.78 is 1.72. The third-order valence-corrected chi connectivity index (χ3v) is 5.65. The number of amides is 1. The molecule has 7 nitrogen and oxygen atoms in total. The number of aromatic nitrogens is 4. The van der Waals surface area contributed by atoms with Crippen LogP contribution in [0, 0.1) is 0 Å². The molecule has 3 N–H and O–H groups in total. The van der Waals surface area contributed by atoms with Crippen molar-refractivity contribution < 1.29 is 4.79 Å². The SMILES string of the molecule is CC(C)n1[nH]c(=O)c2c1NC(=O)CSC2c1cn[nH]c1-c1ccccc1. The van der Waals surface area contributed by atoms with Crippen molar-refractivity contribution in [3.8, 4) is 11.3 Å². The molecule has 0 saturated heterocycles. The van der Waals surface area contributed by atoms with E-state index in [9.17, 15) is 9.59 Å². The van der Waals surface area contributed by atoms with E-state index in [4.69, 9.17) is 0 Å². The number of carbonyl (C=O) groups is 1. The van der Waals surface area contributed by atoms with Crippen LogP contribution < -0.4 is 10.9 Å². The first-order valence-electron chi connectivity index (χ1n) is 8.40. The van der Waals surface area contributed by atoms with Crippen molar-refractivity contribution in [2.24, 2.45) is 0 Å². The summed E-state index contributed by atoms with van der Waals surface area (Å²) in [5, 5.41) is 12.7. The van der Waals surface area contributed by atoms with Crippen LogP contribution in [0.1, 0.15) is 36.3 Å². The number of H-pyrrole nitrogens is 2. The number of hydrogen-bond donors (Lipinski definition) is 3. The molecular weight excluding hydrogens is 350 g/mol. The molecule has 1 atom stereocenters. The van der Waals surface area contributed by atoms with Gasteiger partial charge in [0.25, 0.3) is 5.56 Å². The molecule has 1 unspecified atom stereocenters. The van der Waals surface area contributed by atoms with Gasteiger partial charge in [-0.05, 0) is 19.4 Å². The van der Waals surface area contributed by atoms with Crippen molar-refractivity contribution in [1.82, 2.24) is 20.0 Å². The van der Waals surface area contributed by atoms with E-state index in [1.807, 2.05) is 44.2 Å². The summed E-state index contributed by atoms with van der Waals surface area (Å²) in [5.41, 5.74) is 3.12. The van der Waals surface area contributed by atoms with Crippen molar-refractivity contribution in [2.45, 2.75) is 25.1 Å². The zero-order valence-corrected chi connectivity index (χ0v) is 15.3. The van der Waals surface area contributed by atoms with Crippen LogP contribution in [0.5, 0.6) is 0 Å². The van der Waals surface area contributed by atoms with Gasteiger partial charge in [0.2, 0.25) is 5.91 Å². The van der Waals surface area contributed by atoms with Crippen molar-refractivity contribution in [3.05, 3.63) is 58.0 Å². The lowest BCUT2D eigenvalue weighted by atomic mass is 10.0. The molecule has 1 aliphatic rings. The van der Waals surface area contributed by atoms with Crippen LogP contribution in [0.15, 0.2) is 41.3 Å². The Balaban J connectivity index is 1.89. The summed E-state index contributed by atoms with van der Waals surface area (Å²) in [5.74, 6) is 0.707. The fourth-order valence-corrected chi connectivity index (χ4v) is 4.34. The van der Waals surface area contributed by atoms with E-state index in [0.29, 0.717) is 11.4 Å². The van der Waals surface area contributed by atoms with Crippen molar-refractivity contribution in [3.63, 3.8) is 0 Å². The van der Waals surface area contributed by atoms with Crippen LogP contribution in [-0.2, 0) is 4.79 Å². The number of rotatable bonds is 3. The molecule has 2 aromatic heterocycles. The molecule has 4 rings (SSSR count). The monoisotopic (exact) mass is 369 g/mol. The van der Waals surface area contributed by atoms with Crippen molar-refractivity contribution in [2.75, 3.05) is 11.1 Å². The van der Waals surface area contributed by atoms with Crippen molar-refractivity contribution in [1.29, 1.82) is 0 Å². The molecule has 0 saturated carbocycles. The average molecular weight is 369 g/mol. The molecule has 1 aliphatic heterocycles. The Kier molecular flexibility index (Phi) is 4.20. The van der Waals surface area contributed by atoms with Gasteiger partial charge in [-0.3, -0.25) is 24.5 Å². The number of anilines is 1. The van der Waals surface area contributed by atoms with Gasteiger partial charge in [-0.1, -0.05) is 30.3 Å². The van der Waals surface area contributed by atoms with Gasteiger partial charge in [-0.2, -0.15) is 5.10 Å². The second-order valence-corrected chi connectivity index (χ2v) is 7.57. The molecule has 0 fully saturated rings. The number of carbonyl (C=O) groups excluding carboxylic acids is 1. The number of hydrogen-bond acceptors (Lipinski definition) is 4. The second-order valence-electron chi connectivity index (χ2n) is 6.47. The lowest BCUT2D eigenvalue weighted by Crippen LogP contribution is -2.17. The first-order chi connectivity index (χ1) is 12.6. The van der Waals surface area contributed by atoms with Crippen LogP contribution >= 0.6 is 11.8 Å². The first-order valence-corrected chi connectivity index (χ1v) is 9.45. The average Bonchev–Trinajstić information content (AvgIpc) is 3.18. The Morgan fingerprint density at radius 2 is 2.00 bits per heavy atom. The number of thioether (sulfide) groups is 1. The molecule has 0 aliphatic carbocycles.